The van der Waals surface area contributed by atoms with Gasteiger partial charge in [0.1, 0.15) is 11.3 Å². The topological polar surface area (TPSA) is 48.3 Å². The summed E-state index contributed by atoms with van der Waals surface area (Å²) in [5.41, 5.74) is 0.567. The maximum atomic E-state index is 9.67. The summed E-state index contributed by atoms with van der Waals surface area (Å²) >= 11 is 0. The van der Waals surface area contributed by atoms with Crippen molar-refractivity contribution in [1.29, 1.82) is 5.26 Å². The van der Waals surface area contributed by atoms with Crippen molar-refractivity contribution in [2.45, 2.75) is 25.3 Å². The summed E-state index contributed by atoms with van der Waals surface area (Å²) in [6, 6.07) is 10.4. The number of hydrogen-bond acceptors (Lipinski definition) is 4. The van der Waals surface area contributed by atoms with Gasteiger partial charge in [-0.2, -0.15) is 5.26 Å². The fourth-order valence-corrected chi connectivity index (χ4v) is 2.79. The largest absolute Gasteiger partial charge is 0.495 e. The van der Waals surface area contributed by atoms with E-state index in [2.05, 4.69) is 23.2 Å². The van der Waals surface area contributed by atoms with Crippen LogP contribution < -0.4 is 15.0 Å². The molecular weight excluding hydrogens is 250 g/mol. The summed E-state index contributed by atoms with van der Waals surface area (Å²) < 4.78 is 5.41. The molecule has 1 saturated carbocycles. The first-order chi connectivity index (χ1) is 9.66. The van der Waals surface area contributed by atoms with Crippen molar-refractivity contribution >= 4 is 5.69 Å². The Morgan fingerprint density at radius 1 is 1.45 bits per heavy atom. The van der Waals surface area contributed by atoms with Gasteiger partial charge in [-0.25, -0.2) is 0 Å². The molecule has 0 aromatic heterocycles. The molecule has 108 valence electrons. The molecule has 0 radical (unpaired) electrons. The Balaban J connectivity index is 2.20. The number of nitrogens with zero attached hydrogens (tertiary/aromatic N) is 2. The van der Waals surface area contributed by atoms with Crippen molar-refractivity contribution in [2.24, 2.45) is 5.92 Å². The molecule has 0 amide bonds. The fraction of sp³-hybridized carbons (Fsp3) is 0.562. The zero-order chi connectivity index (χ0) is 14.6. The number of rotatable bonds is 7. The summed E-state index contributed by atoms with van der Waals surface area (Å²) in [5, 5.41) is 13.1. The lowest BCUT2D eigenvalue weighted by atomic mass is 9.94. The van der Waals surface area contributed by atoms with Crippen molar-refractivity contribution in [3.63, 3.8) is 0 Å². The molecule has 0 spiro atoms. The van der Waals surface area contributed by atoms with E-state index in [0.717, 1.165) is 30.8 Å². The number of nitriles is 1. The molecule has 1 aromatic rings. The number of para-hydroxylation sites is 2. The average molecular weight is 273 g/mol. The van der Waals surface area contributed by atoms with E-state index in [1.54, 1.807) is 7.11 Å². The highest BCUT2D eigenvalue weighted by atomic mass is 16.5. The lowest BCUT2D eigenvalue weighted by molar-refractivity contribution is 0.373. The molecule has 1 fully saturated rings. The minimum Gasteiger partial charge on any atom is -0.495 e. The van der Waals surface area contributed by atoms with Gasteiger partial charge in [0.15, 0.2) is 0 Å². The van der Waals surface area contributed by atoms with Gasteiger partial charge in [0.2, 0.25) is 0 Å². The fourth-order valence-electron chi connectivity index (χ4n) is 2.79. The minimum absolute atomic E-state index is 0.454. The monoisotopic (exact) mass is 273 g/mol. The predicted octanol–water partition coefficient (Wildman–Crippen LogP) is 2.41. The van der Waals surface area contributed by atoms with Gasteiger partial charge in [0, 0.05) is 13.6 Å². The van der Waals surface area contributed by atoms with E-state index in [1.165, 1.54) is 0 Å². The summed E-state index contributed by atoms with van der Waals surface area (Å²) in [4.78, 5) is 2.11. The van der Waals surface area contributed by atoms with Gasteiger partial charge in [-0.3, -0.25) is 5.32 Å². The lowest BCUT2D eigenvalue weighted by Gasteiger charge is -2.33. The van der Waals surface area contributed by atoms with Crippen LogP contribution in [0.2, 0.25) is 0 Å². The number of hydrogen-bond donors (Lipinski definition) is 1. The van der Waals surface area contributed by atoms with Crippen molar-refractivity contribution < 1.29 is 4.74 Å². The van der Waals surface area contributed by atoms with Crippen molar-refractivity contribution in [3.8, 4) is 11.8 Å². The number of ether oxygens (including phenoxy) is 1. The molecule has 1 aromatic carbocycles. The smallest absolute Gasteiger partial charge is 0.142 e. The van der Waals surface area contributed by atoms with E-state index in [1.807, 2.05) is 31.3 Å². The molecule has 0 bridgehead atoms. The van der Waals surface area contributed by atoms with Crippen LogP contribution in [-0.2, 0) is 0 Å². The molecule has 0 saturated heterocycles. The van der Waals surface area contributed by atoms with E-state index in [9.17, 15) is 5.26 Å². The first-order valence-corrected chi connectivity index (χ1v) is 7.17. The Hall–Kier alpha value is -1.73. The predicted molar refractivity (Wildman–Crippen MR) is 81.0 cm³/mol. The van der Waals surface area contributed by atoms with E-state index in [4.69, 9.17) is 4.74 Å². The van der Waals surface area contributed by atoms with Crippen LogP contribution in [0.15, 0.2) is 24.3 Å². The summed E-state index contributed by atoms with van der Waals surface area (Å²) in [7, 11) is 3.69. The van der Waals surface area contributed by atoms with Gasteiger partial charge in [0.25, 0.3) is 0 Å². The van der Waals surface area contributed by atoms with Crippen molar-refractivity contribution in [1.82, 2.24) is 5.32 Å². The lowest BCUT2D eigenvalue weighted by Crippen LogP contribution is -2.53. The van der Waals surface area contributed by atoms with Gasteiger partial charge >= 0.3 is 0 Å². The third kappa shape index (κ3) is 2.88. The number of anilines is 1. The molecule has 20 heavy (non-hydrogen) atoms. The molecule has 1 atom stereocenters. The van der Waals surface area contributed by atoms with Gasteiger partial charge in [-0.15, -0.1) is 0 Å². The Kier molecular flexibility index (Phi) is 4.51. The van der Waals surface area contributed by atoms with Crippen LogP contribution in [0.4, 0.5) is 5.69 Å². The second-order valence-corrected chi connectivity index (χ2v) is 5.42. The summed E-state index contributed by atoms with van der Waals surface area (Å²) in [6.45, 7) is 3.53. The van der Waals surface area contributed by atoms with E-state index in [0.29, 0.717) is 12.5 Å². The van der Waals surface area contributed by atoms with E-state index in [-0.39, 0.29) is 0 Å². The second kappa shape index (κ2) is 6.15. The maximum Gasteiger partial charge on any atom is 0.142 e. The van der Waals surface area contributed by atoms with Crippen LogP contribution in [0, 0.1) is 17.2 Å². The molecule has 0 aliphatic heterocycles. The van der Waals surface area contributed by atoms with Gasteiger partial charge in [0.05, 0.1) is 18.9 Å². The Bertz CT molecular complexity index is 493. The van der Waals surface area contributed by atoms with Crippen LogP contribution >= 0.6 is 0 Å². The first kappa shape index (κ1) is 14.7. The molecule has 4 heteroatoms. The van der Waals surface area contributed by atoms with Gasteiger partial charge in [-0.1, -0.05) is 19.1 Å². The van der Waals surface area contributed by atoms with Crippen LogP contribution in [0.5, 0.6) is 5.75 Å². The average Bonchev–Trinajstić information content (AvgIpc) is 3.31. The molecule has 0 heterocycles. The van der Waals surface area contributed by atoms with E-state index >= 15 is 0 Å². The highest BCUT2D eigenvalue weighted by molar-refractivity contribution is 5.58. The molecule has 1 aliphatic carbocycles. The normalized spacial score (nSPS) is 17.1. The van der Waals surface area contributed by atoms with Crippen molar-refractivity contribution in [2.75, 3.05) is 32.1 Å². The Morgan fingerprint density at radius 2 is 2.15 bits per heavy atom. The number of benzene rings is 1. The molecule has 2 rings (SSSR count). The summed E-state index contributed by atoms with van der Waals surface area (Å²) in [6.07, 6.45) is 2.28. The standard InChI is InChI=1S/C16H23N3O/c1-4-18-16(11-17,13-9-10-13)12-19(2)14-7-5-6-8-15(14)20-3/h5-8,13,18H,4,9-10,12H2,1-3H3. The highest BCUT2D eigenvalue weighted by Gasteiger charge is 2.46. The van der Waals surface area contributed by atoms with Crippen molar-refractivity contribution in [3.05, 3.63) is 24.3 Å². The molecule has 1 N–H and O–H groups in total. The Labute approximate surface area is 121 Å². The zero-order valence-electron chi connectivity index (χ0n) is 12.5. The quantitative estimate of drug-likeness (QED) is 0.829. The van der Waals surface area contributed by atoms with Crippen LogP contribution in [0.1, 0.15) is 19.8 Å². The maximum absolute atomic E-state index is 9.67. The molecule has 1 aliphatic rings. The second-order valence-electron chi connectivity index (χ2n) is 5.42. The highest BCUT2D eigenvalue weighted by Crippen LogP contribution is 2.40. The van der Waals surface area contributed by atoms with Gasteiger partial charge in [-0.05, 0) is 37.4 Å². The Morgan fingerprint density at radius 3 is 2.70 bits per heavy atom. The molecule has 4 nitrogen and oxygen atoms in total. The SMILES string of the molecule is CCNC(C#N)(CN(C)c1ccccc1OC)C1CC1. The number of likely N-dealkylation sites (N-methyl/N-ethyl adjacent to an activating group) is 2. The summed E-state index contributed by atoms with van der Waals surface area (Å²) in [5.74, 6) is 1.30. The number of methoxy groups -OCH3 is 1. The van der Waals surface area contributed by atoms with Crippen LogP contribution in [-0.4, -0.2) is 32.8 Å². The first-order valence-electron chi connectivity index (χ1n) is 7.17. The van der Waals surface area contributed by atoms with Crippen LogP contribution in [0.25, 0.3) is 0 Å². The van der Waals surface area contributed by atoms with Gasteiger partial charge < -0.3 is 9.64 Å². The third-order valence-corrected chi connectivity index (χ3v) is 3.95. The van der Waals surface area contributed by atoms with Crippen LogP contribution in [0.3, 0.4) is 0 Å². The molecule has 1 unspecified atom stereocenters. The number of nitrogens with one attached hydrogen (secondary N) is 1. The van der Waals surface area contributed by atoms with E-state index < -0.39 is 5.54 Å². The zero-order valence-corrected chi connectivity index (χ0v) is 12.5. The molecular formula is C16H23N3O. The minimum atomic E-state index is -0.454. The third-order valence-electron chi connectivity index (χ3n) is 3.95.